The van der Waals surface area contributed by atoms with Gasteiger partial charge in [-0.3, -0.25) is 4.79 Å². The predicted octanol–water partition coefficient (Wildman–Crippen LogP) is 3.59. The van der Waals surface area contributed by atoms with Crippen LogP contribution in [0.5, 0.6) is 0 Å². The van der Waals surface area contributed by atoms with Gasteiger partial charge in [0.25, 0.3) is 5.91 Å². The molecule has 0 unspecified atom stereocenters. The molecule has 0 aliphatic carbocycles. The number of rotatable bonds is 4. The van der Waals surface area contributed by atoms with Gasteiger partial charge in [-0.1, -0.05) is 23.7 Å². The van der Waals surface area contributed by atoms with Crippen LogP contribution in [-0.2, 0) is 6.54 Å². The summed E-state index contributed by atoms with van der Waals surface area (Å²) in [5.41, 5.74) is 1.07. The summed E-state index contributed by atoms with van der Waals surface area (Å²) >= 11 is 5.45. The minimum atomic E-state index is -0.870. The molecule has 2 N–H and O–H groups in total. The van der Waals surface area contributed by atoms with E-state index in [1.165, 1.54) is 0 Å². The molecule has 0 bridgehead atoms. The Morgan fingerprint density at radius 2 is 1.95 bits per heavy atom. The van der Waals surface area contributed by atoms with Crippen molar-refractivity contribution >= 4 is 23.2 Å². The van der Waals surface area contributed by atoms with E-state index in [4.69, 9.17) is 11.6 Å². The monoisotopic (exact) mass is 310 g/mol. The van der Waals surface area contributed by atoms with E-state index >= 15 is 0 Å². The normalized spacial score (nSPS) is 10.5. The van der Waals surface area contributed by atoms with E-state index < -0.39 is 23.1 Å². The van der Waals surface area contributed by atoms with Gasteiger partial charge in [0.1, 0.15) is 11.6 Å². The molecule has 21 heavy (non-hydrogen) atoms. The molecule has 0 aliphatic rings. The van der Waals surface area contributed by atoms with Gasteiger partial charge in [0.15, 0.2) is 0 Å². The van der Waals surface area contributed by atoms with Crippen LogP contribution < -0.4 is 10.6 Å². The summed E-state index contributed by atoms with van der Waals surface area (Å²) in [5.74, 6) is -2.44. The lowest BCUT2D eigenvalue weighted by Gasteiger charge is -2.08. The molecule has 110 valence electrons. The smallest absolute Gasteiger partial charge is 0.258 e. The van der Waals surface area contributed by atoms with Gasteiger partial charge in [0.2, 0.25) is 0 Å². The number of carbonyl (C=O) groups is 1. The molecule has 2 aromatic rings. The summed E-state index contributed by atoms with van der Waals surface area (Å²) in [6, 6.07) is 8.63. The fraction of sp³-hybridized carbons (Fsp3) is 0.133. The predicted molar refractivity (Wildman–Crippen MR) is 78.5 cm³/mol. The Morgan fingerprint density at radius 1 is 1.19 bits per heavy atom. The van der Waals surface area contributed by atoms with Crippen LogP contribution in [-0.4, -0.2) is 13.0 Å². The van der Waals surface area contributed by atoms with Gasteiger partial charge in [0, 0.05) is 12.2 Å². The van der Waals surface area contributed by atoms with Crippen molar-refractivity contribution in [3.05, 3.63) is 64.2 Å². The molecule has 1 amide bonds. The fourth-order valence-corrected chi connectivity index (χ4v) is 2.01. The van der Waals surface area contributed by atoms with Crippen LogP contribution in [0.15, 0.2) is 36.4 Å². The quantitative estimate of drug-likeness (QED) is 0.847. The van der Waals surface area contributed by atoms with Gasteiger partial charge in [-0.2, -0.15) is 0 Å². The Morgan fingerprint density at radius 3 is 2.67 bits per heavy atom. The zero-order valence-electron chi connectivity index (χ0n) is 11.2. The largest absolute Gasteiger partial charge is 0.322 e. The SMILES string of the molecule is CNCc1cccc(NC(=O)c2cc(F)c(Cl)cc2F)c1. The van der Waals surface area contributed by atoms with Crippen LogP contribution in [0.25, 0.3) is 0 Å². The Balaban J connectivity index is 2.22. The minimum absolute atomic E-state index is 0.361. The summed E-state index contributed by atoms with van der Waals surface area (Å²) < 4.78 is 27.0. The van der Waals surface area contributed by atoms with Crippen LogP contribution in [0.1, 0.15) is 15.9 Å². The first kappa shape index (κ1) is 15.4. The molecule has 0 aromatic heterocycles. The van der Waals surface area contributed by atoms with E-state index in [0.29, 0.717) is 12.2 Å². The van der Waals surface area contributed by atoms with Gasteiger partial charge in [-0.25, -0.2) is 8.78 Å². The molecule has 0 spiro atoms. The minimum Gasteiger partial charge on any atom is -0.322 e. The third-order valence-electron chi connectivity index (χ3n) is 2.82. The highest BCUT2D eigenvalue weighted by atomic mass is 35.5. The Bertz CT molecular complexity index is 677. The van der Waals surface area contributed by atoms with Crippen molar-refractivity contribution < 1.29 is 13.6 Å². The number of benzene rings is 2. The summed E-state index contributed by atoms with van der Waals surface area (Å²) in [4.78, 5) is 12.0. The molecule has 0 fully saturated rings. The second-order valence-electron chi connectivity index (χ2n) is 4.43. The first-order valence-corrected chi connectivity index (χ1v) is 6.58. The lowest BCUT2D eigenvalue weighted by molar-refractivity contribution is 0.102. The van der Waals surface area contributed by atoms with Crippen molar-refractivity contribution in [1.82, 2.24) is 5.32 Å². The standard InChI is InChI=1S/C15H13ClF2N2O/c1-19-8-9-3-2-4-10(5-9)20-15(21)11-6-14(18)12(16)7-13(11)17/h2-7,19H,8H2,1H3,(H,20,21). The lowest BCUT2D eigenvalue weighted by Crippen LogP contribution is -2.14. The number of hydrogen-bond acceptors (Lipinski definition) is 2. The third kappa shape index (κ3) is 3.77. The second-order valence-corrected chi connectivity index (χ2v) is 4.84. The van der Waals surface area contributed by atoms with Crippen molar-refractivity contribution in [1.29, 1.82) is 0 Å². The maximum absolute atomic E-state index is 13.7. The highest BCUT2D eigenvalue weighted by molar-refractivity contribution is 6.30. The molecule has 6 heteroatoms. The molecular formula is C15H13ClF2N2O. The molecule has 2 rings (SSSR count). The van der Waals surface area contributed by atoms with Gasteiger partial charge in [-0.05, 0) is 36.9 Å². The van der Waals surface area contributed by atoms with Crippen molar-refractivity contribution in [3.8, 4) is 0 Å². The number of nitrogens with one attached hydrogen (secondary N) is 2. The number of halogens is 3. The van der Waals surface area contributed by atoms with Crippen molar-refractivity contribution in [3.63, 3.8) is 0 Å². The fourth-order valence-electron chi connectivity index (χ4n) is 1.86. The Labute approximate surface area is 125 Å². The molecule has 3 nitrogen and oxygen atoms in total. The third-order valence-corrected chi connectivity index (χ3v) is 3.11. The number of hydrogen-bond donors (Lipinski definition) is 2. The van der Waals surface area contributed by atoms with Crippen LogP contribution in [0, 0.1) is 11.6 Å². The summed E-state index contributed by atoms with van der Waals surface area (Å²) in [6.45, 7) is 0.633. The van der Waals surface area contributed by atoms with Crippen LogP contribution in [0.4, 0.5) is 14.5 Å². The van der Waals surface area contributed by atoms with E-state index in [9.17, 15) is 13.6 Å². The maximum atomic E-state index is 13.7. The lowest BCUT2D eigenvalue weighted by atomic mass is 10.1. The number of carbonyl (C=O) groups excluding carboxylic acids is 1. The first-order valence-electron chi connectivity index (χ1n) is 6.20. The Kier molecular flexibility index (Phi) is 4.88. The maximum Gasteiger partial charge on any atom is 0.258 e. The van der Waals surface area contributed by atoms with E-state index in [1.54, 1.807) is 25.2 Å². The second kappa shape index (κ2) is 6.65. The summed E-state index contributed by atoms with van der Waals surface area (Å²) in [7, 11) is 1.80. The van der Waals surface area contributed by atoms with Gasteiger partial charge in [0.05, 0.1) is 10.6 Å². The number of amides is 1. The van der Waals surface area contributed by atoms with Gasteiger partial charge in [-0.15, -0.1) is 0 Å². The van der Waals surface area contributed by atoms with Crippen molar-refractivity contribution in [2.75, 3.05) is 12.4 Å². The van der Waals surface area contributed by atoms with Gasteiger partial charge >= 0.3 is 0 Å². The molecule has 0 saturated heterocycles. The van der Waals surface area contributed by atoms with Crippen molar-refractivity contribution in [2.45, 2.75) is 6.54 Å². The number of anilines is 1. The first-order chi connectivity index (χ1) is 10.0. The zero-order chi connectivity index (χ0) is 15.4. The average molecular weight is 311 g/mol. The zero-order valence-corrected chi connectivity index (χ0v) is 12.0. The van der Waals surface area contributed by atoms with Crippen LogP contribution in [0.3, 0.4) is 0 Å². The van der Waals surface area contributed by atoms with E-state index in [0.717, 1.165) is 17.7 Å². The highest BCUT2D eigenvalue weighted by Crippen LogP contribution is 2.20. The van der Waals surface area contributed by atoms with E-state index in [1.807, 2.05) is 6.07 Å². The van der Waals surface area contributed by atoms with Gasteiger partial charge < -0.3 is 10.6 Å². The Hall–Kier alpha value is -1.98. The summed E-state index contributed by atoms with van der Waals surface area (Å²) in [6.07, 6.45) is 0. The average Bonchev–Trinajstić information content (AvgIpc) is 2.43. The highest BCUT2D eigenvalue weighted by Gasteiger charge is 2.15. The van der Waals surface area contributed by atoms with E-state index in [2.05, 4.69) is 10.6 Å². The molecule has 0 saturated carbocycles. The molecule has 0 aliphatic heterocycles. The molecular weight excluding hydrogens is 298 g/mol. The molecule has 0 heterocycles. The van der Waals surface area contributed by atoms with Crippen LogP contribution in [0.2, 0.25) is 5.02 Å². The van der Waals surface area contributed by atoms with Crippen LogP contribution >= 0.6 is 11.6 Å². The van der Waals surface area contributed by atoms with Crippen molar-refractivity contribution in [2.24, 2.45) is 0 Å². The molecule has 2 aromatic carbocycles. The summed E-state index contributed by atoms with van der Waals surface area (Å²) in [5, 5.41) is 5.15. The topological polar surface area (TPSA) is 41.1 Å². The van der Waals surface area contributed by atoms with E-state index in [-0.39, 0.29) is 5.02 Å². The molecule has 0 atom stereocenters. The molecule has 0 radical (unpaired) electrons.